The van der Waals surface area contributed by atoms with Crippen LogP contribution in [0, 0.1) is 11.3 Å². The maximum atomic E-state index is 8.51. The second-order valence-corrected chi connectivity index (χ2v) is 3.89. The van der Waals surface area contributed by atoms with E-state index in [-0.39, 0.29) is 4.83 Å². The molecular formula is C10H10BrN. The Morgan fingerprint density at radius 1 is 1.67 bits per heavy atom. The van der Waals surface area contributed by atoms with Crippen LogP contribution >= 0.6 is 15.9 Å². The minimum atomic E-state index is 0.280. The molecule has 0 saturated carbocycles. The lowest BCUT2D eigenvalue weighted by atomic mass is 10.0. The Balaban J connectivity index is 3.11. The van der Waals surface area contributed by atoms with Crippen LogP contribution < -0.4 is 0 Å². The molecule has 0 fully saturated rings. The Morgan fingerprint density at radius 2 is 2.33 bits per heavy atom. The van der Waals surface area contributed by atoms with Gasteiger partial charge in [0.2, 0.25) is 0 Å². The van der Waals surface area contributed by atoms with E-state index in [1.54, 1.807) is 6.08 Å². The van der Waals surface area contributed by atoms with Gasteiger partial charge in [-0.2, -0.15) is 5.26 Å². The summed E-state index contributed by atoms with van der Waals surface area (Å²) < 4.78 is 0. The summed E-state index contributed by atoms with van der Waals surface area (Å²) in [6, 6.07) is 2.05. The van der Waals surface area contributed by atoms with Crippen molar-refractivity contribution >= 4 is 15.9 Å². The summed E-state index contributed by atoms with van der Waals surface area (Å²) in [4.78, 5) is 0.280. The zero-order valence-corrected chi connectivity index (χ0v) is 8.72. The Bertz CT molecular complexity index is 311. The fraction of sp³-hybridized carbons (Fsp3) is 0.300. The predicted molar refractivity (Wildman–Crippen MR) is 53.9 cm³/mol. The molecule has 0 aromatic rings. The highest BCUT2D eigenvalue weighted by Crippen LogP contribution is 2.31. The summed E-state index contributed by atoms with van der Waals surface area (Å²) in [5, 5.41) is 8.51. The highest BCUT2D eigenvalue weighted by molar-refractivity contribution is 9.09. The summed E-state index contributed by atoms with van der Waals surface area (Å²) in [6.07, 6.45) is 5.61. The lowest BCUT2D eigenvalue weighted by Gasteiger charge is -2.06. The van der Waals surface area contributed by atoms with Crippen LogP contribution in [0.25, 0.3) is 0 Å². The van der Waals surface area contributed by atoms with Crippen molar-refractivity contribution < 1.29 is 0 Å². The van der Waals surface area contributed by atoms with Gasteiger partial charge in [-0.15, -0.1) is 0 Å². The predicted octanol–water partition coefficient (Wildman–Crippen LogP) is 3.11. The second-order valence-electron chi connectivity index (χ2n) is 2.90. The number of alkyl halides is 1. The smallest absolute Gasteiger partial charge is 0.0918 e. The van der Waals surface area contributed by atoms with Crippen molar-refractivity contribution in [2.24, 2.45) is 0 Å². The van der Waals surface area contributed by atoms with Crippen molar-refractivity contribution in [1.29, 1.82) is 5.26 Å². The van der Waals surface area contributed by atoms with Crippen LogP contribution in [0.2, 0.25) is 0 Å². The molecule has 0 bridgehead atoms. The van der Waals surface area contributed by atoms with Crippen LogP contribution in [0.3, 0.4) is 0 Å². The molecule has 1 atom stereocenters. The van der Waals surface area contributed by atoms with Crippen molar-refractivity contribution in [1.82, 2.24) is 0 Å². The molecule has 1 aliphatic rings. The molecule has 0 amide bonds. The van der Waals surface area contributed by atoms with E-state index in [2.05, 4.69) is 29.8 Å². The summed E-state index contributed by atoms with van der Waals surface area (Å²) >= 11 is 3.52. The molecule has 0 aliphatic heterocycles. The zero-order valence-electron chi connectivity index (χ0n) is 7.13. The minimum Gasteiger partial charge on any atom is -0.193 e. The molecule has 0 saturated heterocycles. The number of nitrogens with zero attached hydrogens (tertiary/aromatic N) is 1. The van der Waals surface area contributed by atoms with Gasteiger partial charge < -0.3 is 0 Å². The third kappa shape index (κ3) is 1.67. The summed E-state index contributed by atoms with van der Waals surface area (Å²) in [7, 11) is 0. The SMILES string of the molecule is CC(C)=C1/C(=C/C#N)C=CC1Br. The van der Waals surface area contributed by atoms with E-state index >= 15 is 0 Å². The highest BCUT2D eigenvalue weighted by Gasteiger charge is 2.17. The summed E-state index contributed by atoms with van der Waals surface area (Å²) in [6.45, 7) is 4.11. The molecule has 0 heterocycles. The van der Waals surface area contributed by atoms with E-state index < -0.39 is 0 Å². The lowest BCUT2D eigenvalue weighted by molar-refractivity contribution is 1.23. The average Bonchev–Trinajstić information content (AvgIpc) is 2.32. The van der Waals surface area contributed by atoms with Crippen molar-refractivity contribution in [3.8, 4) is 6.07 Å². The first-order valence-corrected chi connectivity index (χ1v) is 4.68. The van der Waals surface area contributed by atoms with Gasteiger partial charge in [-0.05, 0) is 25.0 Å². The van der Waals surface area contributed by atoms with Gasteiger partial charge in [-0.1, -0.05) is 33.7 Å². The molecule has 1 rings (SSSR count). The first-order valence-electron chi connectivity index (χ1n) is 3.76. The van der Waals surface area contributed by atoms with Gasteiger partial charge in [0, 0.05) is 6.08 Å². The number of hydrogen-bond acceptors (Lipinski definition) is 1. The molecule has 12 heavy (non-hydrogen) atoms. The molecule has 0 radical (unpaired) electrons. The minimum absolute atomic E-state index is 0.280. The first-order chi connectivity index (χ1) is 5.66. The van der Waals surface area contributed by atoms with Gasteiger partial charge in [0.05, 0.1) is 10.9 Å². The van der Waals surface area contributed by atoms with Gasteiger partial charge in [-0.3, -0.25) is 0 Å². The summed E-state index contributed by atoms with van der Waals surface area (Å²) in [5.41, 5.74) is 3.50. The molecule has 2 heteroatoms. The fourth-order valence-corrected chi connectivity index (χ4v) is 2.17. The molecule has 0 aromatic carbocycles. The molecule has 0 N–H and O–H groups in total. The van der Waals surface area contributed by atoms with Crippen LogP contribution in [-0.2, 0) is 0 Å². The number of allylic oxidation sites excluding steroid dienone is 6. The zero-order chi connectivity index (χ0) is 9.14. The van der Waals surface area contributed by atoms with E-state index in [9.17, 15) is 0 Å². The third-order valence-corrected chi connectivity index (χ3v) is 2.55. The van der Waals surface area contributed by atoms with Gasteiger partial charge in [0.25, 0.3) is 0 Å². The Kier molecular flexibility index (Phi) is 2.88. The van der Waals surface area contributed by atoms with E-state index in [1.807, 2.05) is 18.2 Å². The molecule has 1 nitrogen and oxygen atoms in total. The van der Waals surface area contributed by atoms with Crippen molar-refractivity contribution in [2.75, 3.05) is 0 Å². The largest absolute Gasteiger partial charge is 0.193 e. The summed E-state index contributed by atoms with van der Waals surface area (Å²) in [5.74, 6) is 0. The standard InChI is InChI=1S/C10H10BrN/c1-7(2)10-8(5-6-12)3-4-9(10)11/h3-5,9H,1-2H3/b8-5+. The van der Waals surface area contributed by atoms with Crippen LogP contribution in [0.5, 0.6) is 0 Å². The number of hydrogen-bond donors (Lipinski definition) is 0. The second kappa shape index (κ2) is 3.73. The van der Waals surface area contributed by atoms with Crippen molar-refractivity contribution in [2.45, 2.75) is 18.7 Å². The number of rotatable bonds is 0. The van der Waals surface area contributed by atoms with E-state index in [4.69, 9.17) is 5.26 Å². The fourth-order valence-electron chi connectivity index (χ4n) is 1.29. The van der Waals surface area contributed by atoms with E-state index in [1.165, 1.54) is 11.1 Å². The van der Waals surface area contributed by atoms with Crippen LogP contribution in [-0.4, -0.2) is 4.83 Å². The van der Waals surface area contributed by atoms with E-state index in [0.717, 1.165) is 5.57 Å². The van der Waals surface area contributed by atoms with Gasteiger partial charge in [0.1, 0.15) is 0 Å². The Labute approximate surface area is 81.2 Å². The van der Waals surface area contributed by atoms with Gasteiger partial charge in [-0.25, -0.2) is 0 Å². The van der Waals surface area contributed by atoms with Gasteiger partial charge in [0.15, 0.2) is 0 Å². The lowest BCUT2D eigenvalue weighted by Crippen LogP contribution is -1.95. The molecule has 1 unspecified atom stereocenters. The number of halogens is 1. The maximum Gasteiger partial charge on any atom is 0.0918 e. The van der Waals surface area contributed by atoms with Gasteiger partial charge >= 0.3 is 0 Å². The Hall–Kier alpha value is -0.810. The maximum absolute atomic E-state index is 8.51. The monoisotopic (exact) mass is 223 g/mol. The third-order valence-electron chi connectivity index (χ3n) is 1.79. The number of nitriles is 1. The topological polar surface area (TPSA) is 23.8 Å². The first kappa shape index (κ1) is 9.28. The normalized spacial score (nSPS) is 24.7. The Morgan fingerprint density at radius 3 is 2.83 bits per heavy atom. The van der Waals surface area contributed by atoms with E-state index in [0.29, 0.717) is 0 Å². The molecule has 62 valence electrons. The quantitative estimate of drug-likeness (QED) is 0.458. The van der Waals surface area contributed by atoms with Crippen LogP contribution in [0.15, 0.2) is 34.9 Å². The van der Waals surface area contributed by atoms with Crippen molar-refractivity contribution in [3.63, 3.8) is 0 Å². The van der Waals surface area contributed by atoms with Crippen molar-refractivity contribution in [3.05, 3.63) is 34.9 Å². The molecular weight excluding hydrogens is 214 g/mol. The average molecular weight is 224 g/mol. The molecule has 0 aromatic heterocycles. The highest BCUT2D eigenvalue weighted by atomic mass is 79.9. The molecule has 0 spiro atoms. The van der Waals surface area contributed by atoms with Crippen LogP contribution in [0.1, 0.15) is 13.8 Å². The van der Waals surface area contributed by atoms with Crippen LogP contribution in [0.4, 0.5) is 0 Å². The molecule has 1 aliphatic carbocycles.